The maximum Gasteiger partial charge on any atom is 0.258 e. The predicted octanol–water partition coefficient (Wildman–Crippen LogP) is 4.36. The Morgan fingerprint density at radius 3 is 2.36 bits per heavy atom. The molecule has 0 atom stereocenters. The van der Waals surface area contributed by atoms with Gasteiger partial charge in [-0.05, 0) is 49.7 Å². The molecule has 5 heteroatoms. The molecule has 1 aromatic heterocycles. The molecule has 0 radical (unpaired) electrons. The molecule has 0 spiro atoms. The lowest BCUT2D eigenvalue weighted by atomic mass is 10.1. The van der Waals surface area contributed by atoms with Crippen LogP contribution in [0, 0.1) is 0 Å². The second kappa shape index (κ2) is 8.40. The number of hydrogen-bond acceptors (Lipinski definition) is 4. The minimum atomic E-state index is -0.303. The van der Waals surface area contributed by atoms with Gasteiger partial charge < -0.3 is 5.11 Å². The maximum atomic E-state index is 12.0. The topological polar surface area (TPSA) is 68.7 Å². The van der Waals surface area contributed by atoms with Crippen molar-refractivity contribution in [2.24, 2.45) is 4.99 Å². The van der Waals surface area contributed by atoms with Gasteiger partial charge in [-0.15, -0.1) is 0 Å². The largest absolute Gasteiger partial charge is 0.494 e. The van der Waals surface area contributed by atoms with Crippen molar-refractivity contribution in [1.29, 1.82) is 0 Å². The summed E-state index contributed by atoms with van der Waals surface area (Å²) >= 11 is 0. The highest BCUT2D eigenvalue weighted by molar-refractivity contribution is 6.01. The van der Waals surface area contributed by atoms with E-state index in [0.29, 0.717) is 16.3 Å². The maximum absolute atomic E-state index is 12.0. The molecular formula is C23H25N3O2. The van der Waals surface area contributed by atoms with Gasteiger partial charge in [-0.25, -0.2) is 0 Å². The Bertz CT molecular complexity index is 1030. The first-order valence-electron chi connectivity index (χ1n) is 9.90. The number of fused-ring (bicyclic) bond motifs is 1. The highest BCUT2D eigenvalue weighted by Gasteiger charge is 2.10. The zero-order chi connectivity index (χ0) is 19.3. The van der Waals surface area contributed by atoms with Crippen molar-refractivity contribution in [2.45, 2.75) is 32.2 Å². The molecule has 0 bridgehead atoms. The van der Waals surface area contributed by atoms with E-state index in [1.165, 1.54) is 44.3 Å². The summed E-state index contributed by atoms with van der Waals surface area (Å²) in [4.78, 5) is 21.5. The zero-order valence-electron chi connectivity index (χ0n) is 15.9. The summed E-state index contributed by atoms with van der Waals surface area (Å²) in [6, 6.07) is 15.4. The number of H-pyrrole nitrogens is 1. The van der Waals surface area contributed by atoms with Crippen LogP contribution < -0.4 is 5.56 Å². The van der Waals surface area contributed by atoms with E-state index in [9.17, 15) is 9.90 Å². The molecule has 3 aromatic rings. The number of nitrogens with one attached hydrogen (secondary N) is 1. The second-order valence-corrected chi connectivity index (χ2v) is 7.38. The smallest absolute Gasteiger partial charge is 0.258 e. The van der Waals surface area contributed by atoms with Gasteiger partial charge in [0.15, 0.2) is 0 Å². The number of hydrogen-bond donors (Lipinski definition) is 2. The Morgan fingerprint density at radius 2 is 1.64 bits per heavy atom. The first-order chi connectivity index (χ1) is 13.7. The molecule has 2 N–H and O–H groups in total. The Balaban J connectivity index is 1.52. The number of aromatic amines is 1. The Morgan fingerprint density at radius 1 is 0.964 bits per heavy atom. The third-order valence-corrected chi connectivity index (χ3v) is 5.33. The summed E-state index contributed by atoms with van der Waals surface area (Å²) in [7, 11) is 0. The molecule has 0 aliphatic carbocycles. The van der Waals surface area contributed by atoms with Gasteiger partial charge in [0.1, 0.15) is 0 Å². The minimum Gasteiger partial charge on any atom is -0.494 e. The van der Waals surface area contributed by atoms with Gasteiger partial charge in [0.25, 0.3) is 5.56 Å². The molecule has 1 aliphatic heterocycles. The molecule has 144 valence electrons. The quantitative estimate of drug-likeness (QED) is 0.666. The van der Waals surface area contributed by atoms with Crippen LogP contribution in [0.5, 0.6) is 5.88 Å². The summed E-state index contributed by atoms with van der Waals surface area (Å²) in [6.45, 7) is 3.34. The molecule has 2 aromatic carbocycles. The molecule has 2 heterocycles. The van der Waals surface area contributed by atoms with Crippen molar-refractivity contribution in [3.8, 4) is 5.88 Å². The van der Waals surface area contributed by atoms with Crippen LogP contribution in [-0.2, 0) is 6.54 Å². The van der Waals surface area contributed by atoms with Gasteiger partial charge in [-0.2, -0.15) is 0 Å². The highest BCUT2D eigenvalue weighted by Crippen LogP contribution is 2.22. The third-order valence-electron chi connectivity index (χ3n) is 5.33. The first-order valence-corrected chi connectivity index (χ1v) is 9.90. The monoisotopic (exact) mass is 375 g/mol. The fraction of sp³-hybridized carbons (Fsp3) is 0.304. The fourth-order valence-electron chi connectivity index (χ4n) is 3.80. The minimum absolute atomic E-state index is 0.162. The number of aliphatic imine (C=N–C) groups is 1. The van der Waals surface area contributed by atoms with E-state index in [4.69, 9.17) is 0 Å². The van der Waals surface area contributed by atoms with Crippen LogP contribution in [0.1, 0.15) is 36.8 Å². The summed E-state index contributed by atoms with van der Waals surface area (Å²) in [5.41, 5.74) is 2.32. The van der Waals surface area contributed by atoms with E-state index in [-0.39, 0.29) is 11.4 Å². The van der Waals surface area contributed by atoms with Gasteiger partial charge in [0, 0.05) is 23.5 Å². The van der Waals surface area contributed by atoms with Crippen LogP contribution in [0.3, 0.4) is 0 Å². The van der Waals surface area contributed by atoms with Gasteiger partial charge in [-0.3, -0.25) is 19.7 Å². The predicted molar refractivity (Wildman–Crippen MR) is 114 cm³/mol. The molecule has 1 fully saturated rings. The van der Waals surface area contributed by atoms with E-state index in [1.807, 2.05) is 24.3 Å². The van der Waals surface area contributed by atoms with Crippen molar-refractivity contribution < 1.29 is 5.11 Å². The van der Waals surface area contributed by atoms with Crippen LogP contribution in [0.15, 0.2) is 58.3 Å². The van der Waals surface area contributed by atoms with E-state index in [2.05, 4.69) is 27.0 Å². The lowest BCUT2D eigenvalue weighted by Crippen LogP contribution is -2.23. The standard InChI is InChI=1S/C23H25N3O2/c27-22-20-8-4-3-7-19(20)21(23(28)25-22)15-24-18-11-9-17(10-12-18)16-26-13-5-1-2-6-14-26/h3-4,7-12,15H,1-2,5-6,13-14,16H2,(H2,25,27,28). The molecule has 28 heavy (non-hydrogen) atoms. The first kappa shape index (κ1) is 18.4. The molecule has 4 rings (SSSR count). The van der Waals surface area contributed by atoms with Crippen molar-refractivity contribution >= 4 is 22.7 Å². The van der Waals surface area contributed by atoms with Crippen LogP contribution in [-0.4, -0.2) is 34.3 Å². The van der Waals surface area contributed by atoms with Crippen LogP contribution in [0.2, 0.25) is 0 Å². The average Bonchev–Trinajstić information content (AvgIpc) is 2.98. The molecule has 0 unspecified atom stereocenters. The number of pyridine rings is 1. The molecule has 1 saturated heterocycles. The zero-order valence-corrected chi connectivity index (χ0v) is 15.9. The Hall–Kier alpha value is -2.92. The molecular weight excluding hydrogens is 350 g/mol. The molecule has 1 aliphatic rings. The van der Waals surface area contributed by atoms with Gasteiger partial charge >= 0.3 is 0 Å². The van der Waals surface area contributed by atoms with Crippen molar-refractivity contribution in [3.63, 3.8) is 0 Å². The average molecular weight is 375 g/mol. The van der Waals surface area contributed by atoms with Crippen molar-refractivity contribution in [1.82, 2.24) is 9.88 Å². The number of nitrogens with zero attached hydrogens (tertiary/aromatic N) is 2. The molecule has 0 saturated carbocycles. The molecule has 0 amide bonds. The Kier molecular flexibility index (Phi) is 5.53. The lowest BCUT2D eigenvalue weighted by molar-refractivity contribution is 0.277. The van der Waals surface area contributed by atoms with Gasteiger partial charge in [-0.1, -0.05) is 43.2 Å². The third kappa shape index (κ3) is 4.15. The van der Waals surface area contributed by atoms with Crippen LogP contribution in [0.4, 0.5) is 5.69 Å². The summed E-state index contributed by atoms with van der Waals surface area (Å²) < 4.78 is 0. The number of likely N-dealkylation sites (tertiary alicyclic amines) is 1. The molecule has 5 nitrogen and oxygen atoms in total. The summed E-state index contributed by atoms with van der Waals surface area (Å²) in [6.07, 6.45) is 6.88. The van der Waals surface area contributed by atoms with Gasteiger partial charge in [0.2, 0.25) is 5.88 Å². The number of aromatic nitrogens is 1. The summed E-state index contributed by atoms with van der Waals surface area (Å²) in [5.74, 6) is -0.162. The second-order valence-electron chi connectivity index (χ2n) is 7.38. The SMILES string of the molecule is O=c1[nH]c(O)c(C=Nc2ccc(CN3CCCCCC3)cc2)c2ccccc12. The number of rotatable bonds is 4. The normalized spacial score (nSPS) is 15.9. The van der Waals surface area contributed by atoms with Gasteiger partial charge in [0.05, 0.1) is 11.3 Å². The van der Waals surface area contributed by atoms with Crippen LogP contribution in [0.25, 0.3) is 10.8 Å². The van der Waals surface area contributed by atoms with E-state index in [1.54, 1.807) is 18.3 Å². The highest BCUT2D eigenvalue weighted by atomic mass is 16.3. The van der Waals surface area contributed by atoms with E-state index in [0.717, 1.165) is 12.2 Å². The van der Waals surface area contributed by atoms with E-state index >= 15 is 0 Å². The number of aromatic hydroxyl groups is 1. The summed E-state index contributed by atoms with van der Waals surface area (Å²) in [5, 5.41) is 11.4. The number of benzene rings is 2. The van der Waals surface area contributed by atoms with Crippen molar-refractivity contribution in [2.75, 3.05) is 13.1 Å². The Labute approximate surface area is 164 Å². The van der Waals surface area contributed by atoms with Crippen LogP contribution >= 0.6 is 0 Å². The van der Waals surface area contributed by atoms with E-state index < -0.39 is 0 Å². The fourth-order valence-corrected chi connectivity index (χ4v) is 3.80. The van der Waals surface area contributed by atoms with Crippen molar-refractivity contribution in [3.05, 3.63) is 70.0 Å². The lowest BCUT2D eigenvalue weighted by Gasteiger charge is -2.19.